The number of fused-ring (bicyclic) bond motifs is 1. The number of carbonyl (C=O) groups excluding carboxylic acids is 1. The molecule has 0 unspecified atom stereocenters. The summed E-state index contributed by atoms with van der Waals surface area (Å²) in [4.78, 5) is 22.0. The molecule has 2 aliphatic rings. The molecule has 4 rings (SSSR count). The SMILES string of the molecule is O=C(N1CCN(c2ccc(F)cn2)CC1)N1CCOc2cc(F)c(F)cc21. The van der Waals surface area contributed by atoms with E-state index in [0.29, 0.717) is 32.0 Å². The van der Waals surface area contributed by atoms with Crippen LogP contribution < -0.4 is 14.5 Å². The first-order valence-corrected chi connectivity index (χ1v) is 8.58. The van der Waals surface area contributed by atoms with Gasteiger partial charge in [0.1, 0.15) is 24.0 Å². The fraction of sp³-hybridized carbons (Fsp3) is 0.333. The Hall–Kier alpha value is -2.97. The van der Waals surface area contributed by atoms with Crippen molar-refractivity contribution in [3.8, 4) is 5.75 Å². The third-order valence-corrected chi connectivity index (χ3v) is 4.68. The first kappa shape index (κ1) is 17.4. The van der Waals surface area contributed by atoms with Crippen LogP contribution >= 0.6 is 0 Å². The highest BCUT2D eigenvalue weighted by Gasteiger charge is 2.31. The monoisotopic (exact) mass is 378 g/mol. The maximum atomic E-state index is 13.6. The fourth-order valence-corrected chi connectivity index (χ4v) is 3.26. The molecule has 0 spiro atoms. The summed E-state index contributed by atoms with van der Waals surface area (Å²) in [5, 5.41) is 0. The zero-order chi connectivity index (χ0) is 19.0. The maximum absolute atomic E-state index is 13.6. The molecule has 0 radical (unpaired) electrons. The summed E-state index contributed by atoms with van der Waals surface area (Å²) in [5.74, 6) is -1.63. The van der Waals surface area contributed by atoms with Gasteiger partial charge < -0.3 is 14.5 Å². The van der Waals surface area contributed by atoms with Gasteiger partial charge in [0.2, 0.25) is 0 Å². The Morgan fingerprint density at radius 2 is 1.74 bits per heavy atom. The molecule has 0 saturated carbocycles. The molecule has 2 aromatic rings. The first-order valence-electron chi connectivity index (χ1n) is 8.58. The number of benzene rings is 1. The molecule has 0 bridgehead atoms. The van der Waals surface area contributed by atoms with Gasteiger partial charge in [-0.3, -0.25) is 4.90 Å². The molecule has 1 aromatic heterocycles. The number of amides is 2. The van der Waals surface area contributed by atoms with Gasteiger partial charge in [-0.05, 0) is 12.1 Å². The minimum Gasteiger partial charge on any atom is -0.489 e. The van der Waals surface area contributed by atoms with E-state index >= 15 is 0 Å². The second-order valence-electron chi connectivity index (χ2n) is 6.33. The summed E-state index contributed by atoms with van der Waals surface area (Å²) in [7, 11) is 0. The third-order valence-electron chi connectivity index (χ3n) is 4.68. The van der Waals surface area contributed by atoms with Crippen LogP contribution in [0.2, 0.25) is 0 Å². The van der Waals surface area contributed by atoms with Crippen LogP contribution in [-0.4, -0.2) is 55.2 Å². The van der Waals surface area contributed by atoms with Gasteiger partial charge >= 0.3 is 6.03 Å². The topological polar surface area (TPSA) is 48.9 Å². The normalized spacial score (nSPS) is 16.8. The van der Waals surface area contributed by atoms with Crippen LogP contribution in [0, 0.1) is 17.5 Å². The molecule has 142 valence electrons. The van der Waals surface area contributed by atoms with E-state index in [2.05, 4.69) is 4.98 Å². The number of pyridine rings is 1. The largest absolute Gasteiger partial charge is 0.489 e. The molecule has 0 aliphatic carbocycles. The number of hydrogen-bond acceptors (Lipinski definition) is 4. The Bertz CT molecular complexity index is 854. The van der Waals surface area contributed by atoms with E-state index in [1.165, 1.54) is 11.0 Å². The zero-order valence-electron chi connectivity index (χ0n) is 14.4. The Morgan fingerprint density at radius 3 is 2.44 bits per heavy atom. The molecule has 2 amide bonds. The number of urea groups is 1. The van der Waals surface area contributed by atoms with Crippen LogP contribution in [0.3, 0.4) is 0 Å². The number of hydrogen-bond donors (Lipinski definition) is 0. The van der Waals surface area contributed by atoms with Crippen LogP contribution in [0.1, 0.15) is 0 Å². The Kier molecular flexibility index (Phi) is 4.51. The lowest BCUT2D eigenvalue weighted by molar-refractivity contribution is 0.196. The van der Waals surface area contributed by atoms with Crippen LogP contribution in [0.4, 0.5) is 29.5 Å². The predicted octanol–water partition coefficient (Wildman–Crippen LogP) is 2.64. The van der Waals surface area contributed by atoms with Crippen molar-refractivity contribution in [3.63, 3.8) is 0 Å². The van der Waals surface area contributed by atoms with Gasteiger partial charge in [-0.1, -0.05) is 0 Å². The molecule has 9 heteroatoms. The maximum Gasteiger partial charge on any atom is 0.324 e. The van der Waals surface area contributed by atoms with Crippen molar-refractivity contribution in [3.05, 3.63) is 47.9 Å². The molecular formula is C18H17F3N4O2. The summed E-state index contributed by atoms with van der Waals surface area (Å²) in [5.41, 5.74) is 0.229. The number of aromatic nitrogens is 1. The second-order valence-corrected chi connectivity index (χ2v) is 6.33. The van der Waals surface area contributed by atoms with Crippen molar-refractivity contribution in [2.45, 2.75) is 0 Å². The van der Waals surface area contributed by atoms with Gasteiger partial charge in [-0.15, -0.1) is 0 Å². The summed E-state index contributed by atoms with van der Waals surface area (Å²) >= 11 is 0. The van der Waals surface area contributed by atoms with E-state index in [1.54, 1.807) is 11.0 Å². The minimum absolute atomic E-state index is 0.155. The Morgan fingerprint density at radius 1 is 1.00 bits per heavy atom. The van der Waals surface area contributed by atoms with Gasteiger partial charge in [0, 0.05) is 38.3 Å². The fourth-order valence-electron chi connectivity index (χ4n) is 3.26. The van der Waals surface area contributed by atoms with Crippen molar-refractivity contribution in [1.29, 1.82) is 0 Å². The van der Waals surface area contributed by atoms with Gasteiger partial charge in [0.15, 0.2) is 11.6 Å². The number of ether oxygens (including phenoxy) is 1. The van der Waals surface area contributed by atoms with E-state index in [4.69, 9.17) is 4.74 Å². The lowest BCUT2D eigenvalue weighted by Crippen LogP contribution is -2.54. The van der Waals surface area contributed by atoms with Gasteiger partial charge in [-0.2, -0.15) is 0 Å². The summed E-state index contributed by atoms with van der Waals surface area (Å²) < 4.78 is 45.4. The quantitative estimate of drug-likeness (QED) is 0.766. The van der Waals surface area contributed by atoms with Gasteiger partial charge in [0.05, 0.1) is 18.4 Å². The van der Waals surface area contributed by atoms with Crippen molar-refractivity contribution >= 4 is 17.5 Å². The van der Waals surface area contributed by atoms with Crippen LogP contribution in [0.25, 0.3) is 0 Å². The van der Waals surface area contributed by atoms with Crippen LogP contribution in [0.5, 0.6) is 5.75 Å². The van der Waals surface area contributed by atoms with Gasteiger partial charge in [0.25, 0.3) is 0 Å². The number of anilines is 2. The highest BCUT2D eigenvalue weighted by molar-refractivity contribution is 5.94. The molecular weight excluding hydrogens is 361 g/mol. The lowest BCUT2D eigenvalue weighted by Gasteiger charge is -2.39. The highest BCUT2D eigenvalue weighted by atomic mass is 19.2. The molecule has 1 aromatic carbocycles. The molecule has 1 saturated heterocycles. The Balaban J connectivity index is 1.46. The third kappa shape index (κ3) is 3.36. The predicted molar refractivity (Wildman–Crippen MR) is 92.6 cm³/mol. The van der Waals surface area contributed by atoms with E-state index in [-0.39, 0.29) is 30.6 Å². The number of rotatable bonds is 1. The molecule has 27 heavy (non-hydrogen) atoms. The first-order chi connectivity index (χ1) is 13.0. The molecule has 6 nitrogen and oxygen atoms in total. The smallest absolute Gasteiger partial charge is 0.324 e. The van der Waals surface area contributed by atoms with Crippen molar-refractivity contribution in [2.24, 2.45) is 0 Å². The van der Waals surface area contributed by atoms with Gasteiger partial charge in [-0.25, -0.2) is 22.9 Å². The average molecular weight is 378 g/mol. The molecule has 0 atom stereocenters. The Labute approximate surface area is 153 Å². The summed E-state index contributed by atoms with van der Waals surface area (Å²) in [6, 6.07) is 4.61. The van der Waals surface area contributed by atoms with Crippen molar-refractivity contribution < 1.29 is 22.7 Å². The molecule has 1 fully saturated rings. The number of halogens is 3. The van der Waals surface area contributed by atoms with E-state index in [9.17, 15) is 18.0 Å². The number of nitrogens with zero attached hydrogens (tertiary/aromatic N) is 4. The second kappa shape index (κ2) is 6.98. The summed E-state index contributed by atoms with van der Waals surface area (Å²) in [6.07, 6.45) is 1.16. The highest BCUT2D eigenvalue weighted by Crippen LogP contribution is 2.34. The van der Waals surface area contributed by atoms with Crippen molar-refractivity contribution in [1.82, 2.24) is 9.88 Å². The molecule has 2 aliphatic heterocycles. The van der Waals surface area contributed by atoms with E-state index in [1.807, 2.05) is 4.90 Å². The zero-order valence-corrected chi connectivity index (χ0v) is 14.4. The minimum atomic E-state index is -1.02. The van der Waals surface area contributed by atoms with Crippen LogP contribution in [0.15, 0.2) is 30.5 Å². The van der Waals surface area contributed by atoms with E-state index < -0.39 is 17.5 Å². The standard InChI is InChI=1S/C18H17F3N4O2/c19-12-1-2-17(22-11-12)23-3-5-24(6-4-23)18(26)25-7-8-27-16-10-14(21)13(20)9-15(16)25/h1-2,9-11H,3-8H2. The van der Waals surface area contributed by atoms with Crippen LogP contribution in [-0.2, 0) is 0 Å². The molecule has 0 N–H and O–H groups in total. The number of carbonyl (C=O) groups is 1. The summed E-state index contributed by atoms with van der Waals surface area (Å²) in [6.45, 7) is 2.43. The van der Waals surface area contributed by atoms with E-state index in [0.717, 1.165) is 18.3 Å². The lowest BCUT2D eigenvalue weighted by atomic mass is 10.2. The van der Waals surface area contributed by atoms with Crippen molar-refractivity contribution in [2.75, 3.05) is 49.1 Å². The average Bonchev–Trinajstić information content (AvgIpc) is 2.69. The molecule has 3 heterocycles. The number of piperazine rings is 1.